The largest absolute Gasteiger partial charge is 0.493 e. The van der Waals surface area contributed by atoms with Crippen molar-refractivity contribution in [2.45, 2.75) is 13.2 Å². The lowest BCUT2D eigenvalue weighted by Gasteiger charge is -2.14. The second-order valence-electron chi connectivity index (χ2n) is 4.09. The van der Waals surface area contributed by atoms with Crippen molar-refractivity contribution >= 4 is 15.9 Å². The first-order chi connectivity index (χ1) is 9.74. The first-order valence-electron chi connectivity index (χ1n) is 6.14. The number of ether oxygens (including phenoxy) is 2. The Balaban J connectivity index is 2.18. The second kappa shape index (κ2) is 7.21. The molecule has 0 amide bonds. The molecule has 0 radical (unpaired) electrons. The Morgan fingerprint density at radius 1 is 1.25 bits per heavy atom. The van der Waals surface area contributed by atoms with E-state index in [1.165, 1.54) is 0 Å². The summed E-state index contributed by atoms with van der Waals surface area (Å²) in [5, 5.41) is 3.10. The Morgan fingerprint density at radius 2 is 2.00 bits per heavy atom. The fourth-order valence-electron chi connectivity index (χ4n) is 1.76. The third kappa shape index (κ3) is 3.68. The lowest BCUT2D eigenvalue weighted by atomic mass is 10.2. The lowest BCUT2D eigenvalue weighted by molar-refractivity contribution is 0.274. The van der Waals surface area contributed by atoms with Gasteiger partial charge in [-0.05, 0) is 46.7 Å². The van der Waals surface area contributed by atoms with Crippen molar-refractivity contribution in [3.8, 4) is 11.5 Å². The number of rotatable bonds is 6. The van der Waals surface area contributed by atoms with Gasteiger partial charge in [0.25, 0.3) is 0 Å². The van der Waals surface area contributed by atoms with Gasteiger partial charge in [-0.3, -0.25) is 0 Å². The fraction of sp³-hybridized carbons (Fsp3) is 0.286. The van der Waals surface area contributed by atoms with E-state index in [0.29, 0.717) is 23.9 Å². The van der Waals surface area contributed by atoms with Crippen LogP contribution in [-0.2, 0) is 13.2 Å². The topological polar surface area (TPSA) is 56.3 Å². The van der Waals surface area contributed by atoms with Gasteiger partial charge >= 0.3 is 0 Å². The van der Waals surface area contributed by atoms with E-state index in [0.717, 1.165) is 16.6 Å². The van der Waals surface area contributed by atoms with Gasteiger partial charge in [-0.15, -0.1) is 0 Å². The fourth-order valence-corrected chi connectivity index (χ4v) is 2.36. The maximum Gasteiger partial charge on any atom is 0.176 e. The van der Waals surface area contributed by atoms with Crippen LogP contribution in [0.25, 0.3) is 0 Å². The molecule has 0 saturated heterocycles. The molecule has 1 aromatic carbocycles. The highest BCUT2D eigenvalue weighted by Gasteiger charge is 2.12. The number of halogens is 1. The van der Waals surface area contributed by atoms with Crippen molar-refractivity contribution in [3.63, 3.8) is 0 Å². The normalized spacial score (nSPS) is 10.3. The van der Waals surface area contributed by atoms with Crippen molar-refractivity contribution in [1.29, 1.82) is 0 Å². The van der Waals surface area contributed by atoms with Gasteiger partial charge in [0, 0.05) is 18.9 Å². The Kier molecular flexibility index (Phi) is 5.31. The zero-order chi connectivity index (χ0) is 14.4. The maximum atomic E-state index is 5.76. The van der Waals surface area contributed by atoms with Crippen LogP contribution in [0.3, 0.4) is 0 Å². The summed E-state index contributed by atoms with van der Waals surface area (Å²) in [4.78, 5) is 8.25. The monoisotopic (exact) mass is 337 g/mol. The summed E-state index contributed by atoms with van der Waals surface area (Å²) in [6.45, 7) is 1.05. The van der Waals surface area contributed by atoms with Gasteiger partial charge in [0.15, 0.2) is 17.3 Å². The maximum absolute atomic E-state index is 5.76. The Hall–Kier alpha value is -1.66. The summed E-state index contributed by atoms with van der Waals surface area (Å²) in [5.74, 6) is 1.96. The van der Waals surface area contributed by atoms with Crippen LogP contribution in [0.5, 0.6) is 11.5 Å². The molecular formula is C14H16BrN3O2. The smallest absolute Gasteiger partial charge is 0.176 e. The van der Waals surface area contributed by atoms with Crippen molar-refractivity contribution < 1.29 is 9.47 Å². The SMILES string of the molecule is CNCc1cc(Br)c(OCc2ncccn2)c(OC)c1. The van der Waals surface area contributed by atoms with Gasteiger partial charge in [0.1, 0.15) is 6.61 Å². The predicted octanol–water partition coefficient (Wildman–Crippen LogP) is 2.55. The van der Waals surface area contributed by atoms with E-state index in [1.54, 1.807) is 25.6 Å². The highest BCUT2D eigenvalue weighted by atomic mass is 79.9. The van der Waals surface area contributed by atoms with Gasteiger partial charge in [0.2, 0.25) is 0 Å². The summed E-state index contributed by atoms with van der Waals surface area (Å²) in [7, 11) is 3.52. The van der Waals surface area contributed by atoms with E-state index in [2.05, 4.69) is 31.2 Å². The number of methoxy groups -OCH3 is 1. The summed E-state index contributed by atoms with van der Waals surface area (Å²) in [6.07, 6.45) is 3.38. The third-order valence-electron chi connectivity index (χ3n) is 2.63. The van der Waals surface area contributed by atoms with Crippen LogP contribution in [-0.4, -0.2) is 24.1 Å². The highest BCUT2D eigenvalue weighted by molar-refractivity contribution is 9.10. The second-order valence-corrected chi connectivity index (χ2v) is 4.95. The number of aromatic nitrogens is 2. The van der Waals surface area contributed by atoms with E-state index in [-0.39, 0.29) is 0 Å². The molecule has 0 bridgehead atoms. The van der Waals surface area contributed by atoms with Crippen molar-refractivity contribution in [2.24, 2.45) is 0 Å². The van der Waals surface area contributed by atoms with Crippen molar-refractivity contribution in [2.75, 3.05) is 14.2 Å². The summed E-state index contributed by atoms with van der Waals surface area (Å²) < 4.78 is 12.0. The molecule has 5 nitrogen and oxygen atoms in total. The van der Waals surface area contributed by atoms with Gasteiger partial charge < -0.3 is 14.8 Å². The summed E-state index contributed by atoms with van der Waals surface area (Å²) >= 11 is 3.51. The van der Waals surface area contributed by atoms with Gasteiger partial charge in [0.05, 0.1) is 11.6 Å². The van der Waals surface area contributed by atoms with Crippen molar-refractivity contribution in [3.05, 3.63) is 46.5 Å². The number of hydrogen-bond donors (Lipinski definition) is 1. The molecule has 0 unspecified atom stereocenters. The summed E-state index contributed by atoms with van der Waals surface area (Å²) in [5.41, 5.74) is 1.11. The minimum absolute atomic E-state index is 0.293. The zero-order valence-electron chi connectivity index (χ0n) is 11.4. The molecule has 0 saturated carbocycles. The molecule has 0 aliphatic rings. The molecule has 106 valence electrons. The van der Waals surface area contributed by atoms with Gasteiger partial charge in [-0.2, -0.15) is 0 Å². The molecule has 0 spiro atoms. The molecule has 0 aliphatic carbocycles. The Morgan fingerprint density at radius 3 is 2.65 bits per heavy atom. The van der Waals surface area contributed by atoms with Crippen LogP contribution in [0, 0.1) is 0 Å². The van der Waals surface area contributed by atoms with Crippen LogP contribution < -0.4 is 14.8 Å². The van der Waals surface area contributed by atoms with Gasteiger partial charge in [-0.25, -0.2) is 9.97 Å². The summed E-state index contributed by atoms with van der Waals surface area (Å²) in [6, 6.07) is 5.72. The molecule has 0 atom stereocenters. The average Bonchev–Trinajstić information content (AvgIpc) is 2.47. The number of nitrogens with one attached hydrogen (secondary N) is 1. The highest BCUT2D eigenvalue weighted by Crippen LogP contribution is 2.37. The molecule has 0 aliphatic heterocycles. The molecule has 1 N–H and O–H groups in total. The third-order valence-corrected chi connectivity index (χ3v) is 3.22. The van der Waals surface area contributed by atoms with E-state index in [1.807, 2.05) is 19.2 Å². The molecule has 1 heterocycles. The molecule has 1 aromatic heterocycles. The van der Waals surface area contributed by atoms with Crippen LogP contribution in [0.4, 0.5) is 0 Å². The molecule has 6 heteroatoms. The minimum atomic E-state index is 0.293. The van der Waals surface area contributed by atoms with Crippen LogP contribution in [0.1, 0.15) is 11.4 Å². The average molecular weight is 338 g/mol. The van der Waals surface area contributed by atoms with E-state index >= 15 is 0 Å². The molecular weight excluding hydrogens is 322 g/mol. The minimum Gasteiger partial charge on any atom is -0.493 e. The van der Waals surface area contributed by atoms with Gasteiger partial charge in [-0.1, -0.05) is 0 Å². The van der Waals surface area contributed by atoms with E-state index in [9.17, 15) is 0 Å². The zero-order valence-corrected chi connectivity index (χ0v) is 13.0. The number of nitrogens with zero attached hydrogens (tertiary/aromatic N) is 2. The first-order valence-corrected chi connectivity index (χ1v) is 6.93. The van der Waals surface area contributed by atoms with E-state index in [4.69, 9.17) is 9.47 Å². The number of benzene rings is 1. The lowest BCUT2D eigenvalue weighted by Crippen LogP contribution is -2.06. The Bertz CT molecular complexity index is 564. The van der Waals surface area contributed by atoms with E-state index < -0.39 is 0 Å². The molecule has 0 fully saturated rings. The van der Waals surface area contributed by atoms with Crippen LogP contribution >= 0.6 is 15.9 Å². The Labute approximate surface area is 126 Å². The number of hydrogen-bond acceptors (Lipinski definition) is 5. The predicted molar refractivity (Wildman–Crippen MR) is 79.8 cm³/mol. The molecule has 2 aromatic rings. The van der Waals surface area contributed by atoms with Crippen LogP contribution in [0.2, 0.25) is 0 Å². The quantitative estimate of drug-likeness (QED) is 0.877. The van der Waals surface area contributed by atoms with Crippen LogP contribution in [0.15, 0.2) is 35.1 Å². The van der Waals surface area contributed by atoms with Crippen molar-refractivity contribution in [1.82, 2.24) is 15.3 Å². The first kappa shape index (κ1) is 14.7. The molecule has 20 heavy (non-hydrogen) atoms. The molecule has 2 rings (SSSR count). The standard InChI is InChI=1S/C14H16BrN3O2/c1-16-8-10-6-11(15)14(12(7-10)19-2)20-9-13-17-4-3-5-18-13/h3-7,16H,8-9H2,1-2H3.